The summed E-state index contributed by atoms with van der Waals surface area (Å²) in [6, 6.07) is 1.83. The van der Waals surface area contributed by atoms with E-state index in [0.717, 1.165) is 31.2 Å². The van der Waals surface area contributed by atoms with Crippen molar-refractivity contribution in [1.82, 2.24) is 4.98 Å². The predicted molar refractivity (Wildman–Crippen MR) is 77.7 cm³/mol. The zero-order valence-electron chi connectivity index (χ0n) is 12.8. The number of aromatic nitrogens is 1. The summed E-state index contributed by atoms with van der Waals surface area (Å²) in [6.45, 7) is 4.54. The molecular weight excluding hydrogens is 254 g/mol. The Morgan fingerprint density at radius 1 is 1.15 bits per heavy atom. The Bertz CT molecular complexity index is 449. The van der Waals surface area contributed by atoms with Crippen molar-refractivity contribution in [2.45, 2.75) is 51.2 Å². The zero-order chi connectivity index (χ0) is 14.8. The molecule has 1 aromatic rings. The van der Waals surface area contributed by atoms with E-state index in [1.165, 1.54) is 0 Å². The van der Waals surface area contributed by atoms with Crippen molar-refractivity contribution in [2.75, 3.05) is 14.2 Å². The fourth-order valence-electron chi connectivity index (χ4n) is 2.94. The van der Waals surface area contributed by atoms with Crippen molar-refractivity contribution in [3.8, 4) is 5.75 Å². The topological polar surface area (TPSA) is 51.6 Å². The Morgan fingerprint density at radius 2 is 1.80 bits per heavy atom. The summed E-state index contributed by atoms with van der Waals surface area (Å²) in [4.78, 5) is 4.12. The molecule has 0 saturated heterocycles. The highest BCUT2D eigenvalue weighted by Gasteiger charge is 2.44. The van der Waals surface area contributed by atoms with Gasteiger partial charge in [-0.05, 0) is 37.2 Å². The maximum absolute atomic E-state index is 10.8. The molecule has 1 N–H and O–H groups in total. The normalized spacial score (nSPS) is 22.2. The van der Waals surface area contributed by atoms with Gasteiger partial charge in [0.1, 0.15) is 11.9 Å². The maximum atomic E-state index is 10.8. The molecule has 4 nitrogen and oxygen atoms in total. The molecule has 0 radical (unpaired) electrons. The number of hydrogen-bond acceptors (Lipinski definition) is 4. The molecule has 4 heteroatoms. The minimum Gasteiger partial charge on any atom is -0.495 e. The molecule has 1 heterocycles. The minimum absolute atomic E-state index is 0.328. The predicted octanol–water partition coefficient (Wildman–Crippen LogP) is 3.11. The van der Waals surface area contributed by atoms with Gasteiger partial charge in [-0.2, -0.15) is 0 Å². The van der Waals surface area contributed by atoms with Crippen LogP contribution in [0.1, 0.15) is 51.2 Å². The lowest BCUT2D eigenvalue weighted by Crippen LogP contribution is -2.44. The van der Waals surface area contributed by atoms with Crippen molar-refractivity contribution in [2.24, 2.45) is 5.41 Å². The number of pyridine rings is 1. The standard InChI is InChI=1S/C16H25NO3/c1-15(2)5-7-16(20-4,8-6-15)14(18)12-9-13(19-3)11-17-10-12/h9-11,14,18H,5-8H2,1-4H3. The smallest absolute Gasteiger partial charge is 0.137 e. The van der Waals surface area contributed by atoms with Crippen LogP contribution in [-0.4, -0.2) is 29.9 Å². The van der Waals surface area contributed by atoms with E-state index >= 15 is 0 Å². The van der Waals surface area contributed by atoms with E-state index in [0.29, 0.717) is 11.2 Å². The Morgan fingerprint density at radius 3 is 2.35 bits per heavy atom. The van der Waals surface area contributed by atoms with E-state index in [-0.39, 0.29) is 0 Å². The Labute approximate surface area is 121 Å². The van der Waals surface area contributed by atoms with Crippen LogP contribution >= 0.6 is 0 Å². The van der Waals surface area contributed by atoms with Crippen LogP contribution in [0.25, 0.3) is 0 Å². The molecule has 0 amide bonds. The van der Waals surface area contributed by atoms with E-state index in [1.807, 2.05) is 6.07 Å². The SMILES string of the molecule is COc1cncc(C(O)C2(OC)CCC(C)(C)CC2)c1. The average Bonchev–Trinajstić information content (AvgIpc) is 2.47. The third-order valence-corrected chi connectivity index (χ3v) is 4.64. The third-order valence-electron chi connectivity index (χ3n) is 4.64. The number of methoxy groups -OCH3 is 2. The molecule has 0 bridgehead atoms. The van der Waals surface area contributed by atoms with Gasteiger partial charge in [0, 0.05) is 18.9 Å². The van der Waals surface area contributed by atoms with E-state index in [1.54, 1.807) is 26.6 Å². The van der Waals surface area contributed by atoms with Gasteiger partial charge in [-0.3, -0.25) is 4.98 Å². The lowest BCUT2D eigenvalue weighted by molar-refractivity contribution is -0.138. The van der Waals surface area contributed by atoms with Crippen molar-refractivity contribution in [3.63, 3.8) is 0 Å². The highest BCUT2D eigenvalue weighted by atomic mass is 16.5. The summed E-state index contributed by atoms with van der Waals surface area (Å²) in [6.07, 6.45) is 6.47. The molecule has 1 aliphatic rings. The van der Waals surface area contributed by atoms with Crippen molar-refractivity contribution in [1.29, 1.82) is 0 Å². The van der Waals surface area contributed by atoms with Gasteiger partial charge in [-0.25, -0.2) is 0 Å². The number of aliphatic hydroxyl groups is 1. The van der Waals surface area contributed by atoms with E-state index < -0.39 is 11.7 Å². The molecule has 1 fully saturated rings. The van der Waals surface area contributed by atoms with Crippen LogP contribution in [0.15, 0.2) is 18.5 Å². The van der Waals surface area contributed by atoms with E-state index in [4.69, 9.17) is 9.47 Å². The van der Waals surface area contributed by atoms with Gasteiger partial charge in [0.05, 0.1) is 18.9 Å². The highest BCUT2D eigenvalue weighted by molar-refractivity contribution is 5.27. The third kappa shape index (κ3) is 2.96. The van der Waals surface area contributed by atoms with Crippen LogP contribution < -0.4 is 4.74 Å². The summed E-state index contributed by atoms with van der Waals surface area (Å²) in [5, 5.41) is 10.8. The van der Waals surface area contributed by atoms with Gasteiger partial charge in [-0.1, -0.05) is 13.8 Å². The number of aliphatic hydroxyl groups excluding tert-OH is 1. The van der Waals surface area contributed by atoms with E-state index in [2.05, 4.69) is 18.8 Å². The molecule has 0 aliphatic heterocycles. The van der Waals surface area contributed by atoms with Crippen molar-refractivity contribution in [3.05, 3.63) is 24.0 Å². The van der Waals surface area contributed by atoms with Crippen LogP contribution in [-0.2, 0) is 4.74 Å². The molecule has 1 unspecified atom stereocenters. The Hall–Kier alpha value is -1.13. The number of ether oxygens (including phenoxy) is 2. The lowest BCUT2D eigenvalue weighted by atomic mass is 9.68. The fraction of sp³-hybridized carbons (Fsp3) is 0.688. The van der Waals surface area contributed by atoms with Gasteiger partial charge in [-0.15, -0.1) is 0 Å². The first-order valence-electron chi connectivity index (χ1n) is 7.15. The minimum atomic E-state index is -0.675. The molecule has 1 aliphatic carbocycles. The number of nitrogens with zero attached hydrogens (tertiary/aromatic N) is 1. The molecule has 2 rings (SSSR count). The summed E-state index contributed by atoms with van der Waals surface area (Å²) in [7, 11) is 3.29. The quantitative estimate of drug-likeness (QED) is 0.920. The second-order valence-electron chi connectivity index (χ2n) is 6.49. The van der Waals surface area contributed by atoms with Crippen molar-refractivity contribution < 1.29 is 14.6 Å². The molecule has 20 heavy (non-hydrogen) atoms. The summed E-state index contributed by atoms with van der Waals surface area (Å²) in [5.74, 6) is 0.656. The van der Waals surface area contributed by atoms with Crippen LogP contribution in [0.4, 0.5) is 0 Å². The van der Waals surface area contributed by atoms with Crippen LogP contribution in [0.5, 0.6) is 5.75 Å². The summed E-state index contributed by atoms with van der Waals surface area (Å²) in [5.41, 5.74) is 0.573. The van der Waals surface area contributed by atoms with Crippen LogP contribution in [0.3, 0.4) is 0 Å². The first-order valence-corrected chi connectivity index (χ1v) is 7.15. The molecule has 0 spiro atoms. The molecule has 1 aromatic heterocycles. The monoisotopic (exact) mass is 279 g/mol. The van der Waals surface area contributed by atoms with Crippen LogP contribution in [0.2, 0.25) is 0 Å². The van der Waals surface area contributed by atoms with Crippen LogP contribution in [0, 0.1) is 5.41 Å². The number of hydrogen-bond donors (Lipinski definition) is 1. The van der Waals surface area contributed by atoms with Gasteiger partial charge in [0.2, 0.25) is 0 Å². The zero-order valence-corrected chi connectivity index (χ0v) is 12.8. The first kappa shape index (κ1) is 15.3. The van der Waals surface area contributed by atoms with Crippen molar-refractivity contribution >= 4 is 0 Å². The average molecular weight is 279 g/mol. The van der Waals surface area contributed by atoms with Gasteiger partial charge in [0.25, 0.3) is 0 Å². The number of rotatable bonds is 4. The lowest BCUT2D eigenvalue weighted by Gasteiger charge is -2.45. The molecule has 1 atom stereocenters. The molecule has 0 aromatic carbocycles. The molecule has 112 valence electrons. The largest absolute Gasteiger partial charge is 0.495 e. The summed E-state index contributed by atoms with van der Waals surface area (Å²) < 4.78 is 10.9. The summed E-state index contributed by atoms with van der Waals surface area (Å²) >= 11 is 0. The molecular formula is C16H25NO3. The molecule has 1 saturated carbocycles. The second kappa shape index (κ2) is 5.70. The maximum Gasteiger partial charge on any atom is 0.137 e. The second-order valence-corrected chi connectivity index (χ2v) is 6.49. The Balaban J connectivity index is 2.22. The van der Waals surface area contributed by atoms with Gasteiger partial charge in [0.15, 0.2) is 0 Å². The van der Waals surface area contributed by atoms with E-state index in [9.17, 15) is 5.11 Å². The Kier molecular flexibility index (Phi) is 4.35. The fourth-order valence-corrected chi connectivity index (χ4v) is 2.94. The first-order chi connectivity index (χ1) is 9.42. The van der Waals surface area contributed by atoms with Gasteiger partial charge < -0.3 is 14.6 Å². The van der Waals surface area contributed by atoms with Gasteiger partial charge >= 0.3 is 0 Å². The highest BCUT2D eigenvalue weighted by Crippen LogP contribution is 2.47.